The van der Waals surface area contributed by atoms with Crippen LogP contribution in [0.5, 0.6) is 5.75 Å². The monoisotopic (exact) mass is 328 g/mol. The maximum atomic E-state index is 11.1. The molecular formula is C11H12N4O6S. The fourth-order valence-corrected chi connectivity index (χ4v) is 2.03. The zero-order valence-electron chi connectivity index (χ0n) is 11.4. The highest BCUT2D eigenvalue weighted by molar-refractivity contribution is 7.85. The Balaban J connectivity index is 2.26. The third-order valence-electron chi connectivity index (χ3n) is 2.51. The Kier molecular flexibility index (Phi) is 4.37. The molecule has 0 amide bonds. The highest BCUT2D eigenvalue weighted by atomic mass is 32.2. The summed E-state index contributed by atoms with van der Waals surface area (Å²) in [6, 6.07) is 2.59. The van der Waals surface area contributed by atoms with Crippen LogP contribution in [0.25, 0.3) is 10.9 Å². The van der Waals surface area contributed by atoms with Gasteiger partial charge < -0.3 is 10.5 Å². The molecule has 0 atom stereocenters. The second-order valence-electron chi connectivity index (χ2n) is 4.24. The second-order valence-corrected chi connectivity index (χ2v) is 5.88. The van der Waals surface area contributed by atoms with E-state index in [4.69, 9.17) is 10.5 Å². The summed E-state index contributed by atoms with van der Waals surface area (Å²) in [4.78, 5) is 18.1. The first-order valence-corrected chi connectivity index (χ1v) is 7.76. The van der Waals surface area contributed by atoms with Crippen molar-refractivity contribution in [3.8, 4) is 5.75 Å². The Morgan fingerprint density at radius 2 is 2.09 bits per heavy atom. The van der Waals surface area contributed by atoms with Crippen molar-refractivity contribution < 1.29 is 22.3 Å². The van der Waals surface area contributed by atoms with Crippen LogP contribution in [0.3, 0.4) is 0 Å². The van der Waals surface area contributed by atoms with Crippen molar-refractivity contribution in [2.75, 3.05) is 25.2 Å². The van der Waals surface area contributed by atoms with Gasteiger partial charge in [0.25, 0.3) is 10.1 Å². The molecule has 0 aliphatic heterocycles. The van der Waals surface area contributed by atoms with Gasteiger partial charge in [-0.15, -0.1) is 0 Å². The topological polar surface area (TPSA) is 148 Å². The van der Waals surface area contributed by atoms with E-state index in [-0.39, 0.29) is 30.6 Å². The predicted octanol–water partition coefficient (Wildman–Crippen LogP) is 0.475. The molecule has 1 aromatic carbocycles. The predicted molar refractivity (Wildman–Crippen MR) is 76.9 cm³/mol. The van der Waals surface area contributed by atoms with Crippen LogP contribution in [0.4, 0.5) is 11.6 Å². The summed E-state index contributed by atoms with van der Waals surface area (Å²) in [6.07, 6.45) is 2.26. The van der Waals surface area contributed by atoms with Gasteiger partial charge in [-0.1, -0.05) is 0 Å². The number of nitro groups is 1. The Labute approximate surface area is 125 Å². The summed E-state index contributed by atoms with van der Waals surface area (Å²) in [5.74, 6) is -0.0413. The number of rotatable bonds is 6. The van der Waals surface area contributed by atoms with Crippen LogP contribution in [0.15, 0.2) is 18.3 Å². The van der Waals surface area contributed by atoms with E-state index in [1.807, 2.05) is 0 Å². The smallest absolute Gasteiger partial charge is 0.311 e. The molecule has 10 nitrogen and oxygen atoms in total. The molecule has 2 N–H and O–H groups in total. The number of benzene rings is 1. The molecule has 1 heterocycles. The summed E-state index contributed by atoms with van der Waals surface area (Å²) in [6.45, 7) is -0.445. The van der Waals surface area contributed by atoms with Gasteiger partial charge in [-0.2, -0.15) is 8.42 Å². The van der Waals surface area contributed by atoms with Crippen molar-refractivity contribution in [2.24, 2.45) is 0 Å². The number of nitrogens with two attached hydrogens (primary N) is 1. The van der Waals surface area contributed by atoms with E-state index in [0.717, 1.165) is 6.26 Å². The second kappa shape index (κ2) is 6.07. The molecule has 0 radical (unpaired) electrons. The summed E-state index contributed by atoms with van der Waals surface area (Å²) in [7, 11) is -3.60. The van der Waals surface area contributed by atoms with Crippen molar-refractivity contribution in [3.05, 3.63) is 28.4 Å². The summed E-state index contributed by atoms with van der Waals surface area (Å²) in [5, 5.41) is 11.5. The van der Waals surface area contributed by atoms with Crippen LogP contribution in [0.1, 0.15) is 0 Å². The number of nitro benzene ring substituents is 1. The molecule has 0 saturated heterocycles. The van der Waals surface area contributed by atoms with E-state index in [1.165, 1.54) is 18.3 Å². The minimum atomic E-state index is -3.60. The lowest BCUT2D eigenvalue weighted by atomic mass is 10.2. The van der Waals surface area contributed by atoms with Gasteiger partial charge in [0.15, 0.2) is 5.75 Å². The standard InChI is InChI=1S/C11H12N4O6S/c1-22(18,19)21-3-2-20-10-5-8-7(4-9(10)15(16)17)6-13-11(12)14-8/h4-6H,2-3H2,1H3,(H2,12,13,14). The van der Waals surface area contributed by atoms with Crippen molar-refractivity contribution >= 4 is 32.7 Å². The van der Waals surface area contributed by atoms with E-state index >= 15 is 0 Å². The number of ether oxygens (including phenoxy) is 1. The van der Waals surface area contributed by atoms with Crippen LogP contribution in [-0.4, -0.2) is 42.8 Å². The number of hydrogen-bond acceptors (Lipinski definition) is 9. The van der Waals surface area contributed by atoms with Gasteiger partial charge in [0, 0.05) is 23.7 Å². The fraction of sp³-hybridized carbons (Fsp3) is 0.273. The maximum Gasteiger partial charge on any atom is 0.311 e. The van der Waals surface area contributed by atoms with E-state index in [1.54, 1.807) is 0 Å². The molecule has 11 heteroatoms. The van der Waals surface area contributed by atoms with Crippen molar-refractivity contribution in [1.82, 2.24) is 9.97 Å². The van der Waals surface area contributed by atoms with Crippen LogP contribution in [-0.2, 0) is 14.3 Å². The minimum absolute atomic E-state index is 0.0210. The number of fused-ring (bicyclic) bond motifs is 1. The zero-order chi connectivity index (χ0) is 16.3. The first-order chi connectivity index (χ1) is 10.3. The number of hydrogen-bond donors (Lipinski definition) is 1. The normalized spacial score (nSPS) is 11.5. The summed E-state index contributed by atoms with van der Waals surface area (Å²) < 4.78 is 31.3. The average Bonchev–Trinajstić information content (AvgIpc) is 2.41. The molecule has 118 valence electrons. The minimum Gasteiger partial charge on any atom is -0.484 e. The molecule has 0 fully saturated rings. The molecule has 0 aliphatic carbocycles. The van der Waals surface area contributed by atoms with Crippen molar-refractivity contribution in [2.45, 2.75) is 0 Å². The molecule has 0 unspecified atom stereocenters. The SMILES string of the molecule is CS(=O)(=O)OCCOc1cc2nc(N)ncc2cc1[N+](=O)[O-]. The lowest BCUT2D eigenvalue weighted by Crippen LogP contribution is -2.11. The van der Waals surface area contributed by atoms with Crippen LogP contribution in [0, 0.1) is 10.1 Å². The van der Waals surface area contributed by atoms with Crippen molar-refractivity contribution in [1.29, 1.82) is 0 Å². The number of nitrogens with zero attached hydrogens (tertiary/aromatic N) is 3. The average molecular weight is 328 g/mol. The zero-order valence-corrected chi connectivity index (χ0v) is 12.2. The van der Waals surface area contributed by atoms with Gasteiger partial charge in [-0.25, -0.2) is 9.97 Å². The molecular weight excluding hydrogens is 316 g/mol. The first kappa shape index (κ1) is 15.9. The Morgan fingerprint density at radius 1 is 1.36 bits per heavy atom. The van der Waals surface area contributed by atoms with Gasteiger partial charge in [0.2, 0.25) is 5.95 Å². The maximum absolute atomic E-state index is 11.1. The van der Waals surface area contributed by atoms with Gasteiger partial charge >= 0.3 is 5.69 Å². The highest BCUT2D eigenvalue weighted by Crippen LogP contribution is 2.31. The number of anilines is 1. The number of nitrogen functional groups attached to an aromatic ring is 1. The van der Waals surface area contributed by atoms with E-state index in [2.05, 4.69) is 14.2 Å². The Morgan fingerprint density at radius 3 is 2.73 bits per heavy atom. The third-order valence-corrected chi connectivity index (χ3v) is 3.11. The molecule has 22 heavy (non-hydrogen) atoms. The molecule has 0 spiro atoms. The Hall–Kier alpha value is -2.53. The summed E-state index contributed by atoms with van der Waals surface area (Å²) >= 11 is 0. The van der Waals surface area contributed by atoms with Gasteiger partial charge in [0.05, 0.1) is 16.7 Å². The fourth-order valence-electron chi connectivity index (χ4n) is 1.66. The molecule has 0 aliphatic rings. The molecule has 0 bridgehead atoms. The quantitative estimate of drug-likeness (QED) is 0.346. The molecule has 2 rings (SSSR count). The molecule has 2 aromatic rings. The molecule has 0 saturated carbocycles. The Bertz CT molecular complexity index is 823. The van der Waals surface area contributed by atoms with Crippen LogP contribution in [0.2, 0.25) is 0 Å². The van der Waals surface area contributed by atoms with Crippen molar-refractivity contribution in [3.63, 3.8) is 0 Å². The summed E-state index contributed by atoms with van der Waals surface area (Å²) in [5.41, 5.74) is 5.54. The van der Waals surface area contributed by atoms with Crippen LogP contribution >= 0.6 is 0 Å². The van der Waals surface area contributed by atoms with Gasteiger partial charge in [-0.3, -0.25) is 14.3 Å². The first-order valence-electron chi connectivity index (χ1n) is 5.94. The van der Waals surface area contributed by atoms with Crippen LogP contribution < -0.4 is 10.5 Å². The number of aromatic nitrogens is 2. The molecule has 1 aromatic heterocycles. The largest absolute Gasteiger partial charge is 0.484 e. The van der Waals surface area contributed by atoms with Gasteiger partial charge in [0.1, 0.15) is 13.2 Å². The lowest BCUT2D eigenvalue weighted by Gasteiger charge is -2.08. The van der Waals surface area contributed by atoms with E-state index < -0.39 is 15.0 Å². The third kappa shape index (κ3) is 3.99. The van der Waals surface area contributed by atoms with E-state index in [9.17, 15) is 18.5 Å². The van der Waals surface area contributed by atoms with Gasteiger partial charge in [-0.05, 0) is 0 Å². The van der Waals surface area contributed by atoms with E-state index in [0.29, 0.717) is 10.9 Å². The lowest BCUT2D eigenvalue weighted by molar-refractivity contribution is -0.385. The highest BCUT2D eigenvalue weighted by Gasteiger charge is 2.18.